The molecule has 2 heteroatoms. The Hall–Kier alpha value is -0.370. The second-order valence-corrected chi connectivity index (χ2v) is 5.79. The highest BCUT2D eigenvalue weighted by Gasteiger charge is 2.18. The molecule has 0 aromatic rings. The Balaban J connectivity index is 2.42. The molecule has 0 heterocycles. The highest BCUT2D eigenvalue weighted by atomic mass is 16.1. The average Bonchev–Trinajstić information content (AvgIpc) is 2.27. The monoisotopic (exact) mass is 239 g/mol. The van der Waals surface area contributed by atoms with Crippen molar-refractivity contribution < 1.29 is 4.79 Å². The van der Waals surface area contributed by atoms with Gasteiger partial charge in [-0.05, 0) is 26.9 Å². The summed E-state index contributed by atoms with van der Waals surface area (Å²) in [5.74, 6) is 0.809. The van der Waals surface area contributed by atoms with Crippen LogP contribution in [0.2, 0.25) is 0 Å². The predicted molar refractivity (Wildman–Crippen MR) is 73.2 cm³/mol. The molecule has 1 fully saturated rings. The van der Waals surface area contributed by atoms with Crippen LogP contribution in [0.15, 0.2) is 0 Å². The zero-order chi connectivity index (χ0) is 12.5. The van der Waals surface area contributed by atoms with Crippen LogP contribution in [0.1, 0.15) is 64.2 Å². The average molecular weight is 239 g/mol. The van der Waals surface area contributed by atoms with Crippen LogP contribution in [0.25, 0.3) is 0 Å². The van der Waals surface area contributed by atoms with Crippen molar-refractivity contribution >= 4 is 5.78 Å². The second-order valence-electron chi connectivity index (χ2n) is 5.79. The van der Waals surface area contributed by atoms with Crippen molar-refractivity contribution in [3.05, 3.63) is 0 Å². The van der Waals surface area contributed by atoms with Gasteiger partial charge in [-0.3, -0.25) is 4.79 Å². The molecule has 0 unspecified atom stereocenters. The van der Waals surface area contributed by atoms with E-state index in [1.165, 1.54) is 44.9 Å². The molecular weight excluding hydrogens is 210 g/mol. The zero-order valence-corrected chi connectivity index (χ0v) is 11.7. The molecule has 1 atom stereocenters. The van der Waals surface area contributed by atoms with E-state index < -0.39 is 0 Å². The van der Waals surface area contributed by atoms with Gasteiger partial charge in [0, 0.05) is 18.9 Å². The summed E-state index contributed by atoms with van der Waals surface area (Å²) >= 11 is 0. The predicted octanol–water partition coefficient (Wildman–Crippen LogP) is 3.65. The summed E-state index contributed by atoms with van der Waals surface area (Å²) in [6, 6.07) is 0. The molecule has 2 nitrogen and oxygen atoms in total. The van der Waals surface area contributed by atoms with E-state index in [9.17, 15) is 4.79 Å². The Bertz CT molecular complexity index is 213. The van der Waals surface area contributed by atoms with Crippen LogP contribution in [0.4, 0.5) is 0 Å². The molecule has 0 bridgehead atoms. The minimum atomic E-state index is 0.296. The molecule has 0 N–H and O–H groups in total. The van der Waals surface area contributed by atoms with E-state index in [4.69, 9.17) is 0 Å². The maximum Gasteiger partial charge on any atom is 0.137 e. The van der Waals surface area contributed by atoms with Crippen molar-refractivity contribution in [1.82, 2.24) is 4.90 Å². The lowest BCUT2D eigenvalue weighted by atomic mass is 9.91. The lowest BCUT2D eigenvalue weighted by Crippen LogP contribution is -2.28. The lowest BCUT2D eigenvalue weighted by molar-refractivity contribution is -0.123. The topological polar surface area (TPSA) is 20.3 Å². The van der Waals surface area contributed by atoms with Crippen LogP contribution in [0, 0.1) is 5.92 Å². The number of carbonyl (C=O) groups is 1. The number of ketones is 1. The van der Waals surface area contributed by atoms with Crippen molar-refractivity contribution in [2.75, 3.05) is 20.6 Å². The third kappa shape index (κ3) is 6.82. The minimum absolute atomic E-state index is 0.296. The number of Topliss-reactive ketones (excluding diaryl/α,β-unsaturated/α-hetero) is 1. The van der Waals surface area contributed by atoms with Gasteiger partial charge >= 0.3 is 0 Å². The molecule has 0 aromatic heterocycles. The van der Waals surface area contributed by atoms with Crippen molar-refractivity contribution in [3.8, 4) is 0 Å². The zero-order valence-electron chi connectivity index (χ0n) is 11.7. The van der Waals surface area contributed by atoms with E-state index in [0.717, 1.165) is 25.8 Å². The fraction of sp³-hybridized carbons (Fsp3) is 0.933. The van der Waals surface area contributed by atoms with Crippen LogP contribution in [-0.4, -0.2) is 31.3 Å². The molecule has 0 aromatic carbocycles. The highest BCUT2D eigenvalue weighted by molar-refractivity contribution is 5.81. The molecule has 0 amide bonds. The highest BCUT2D eigenvalue weighted by Crippen LogP contribution is 2.19. The SMILES string of the molecule is CN(C)C[C@@H]1CCCCCCCCCCC1=O. The van der Waals surface area contributed by atoms with Gasteiger partial charge in [0.2, 0.25) is 0 Å². The summed E-state index contributed by atoms with van der Waals surface area (Å²) in [5.41, 5.74) is 0. The quantitative estimate of drug-likeness (QED) is 0.733. The first-order valence-electron chi connectivity index (χ1n) is 7.37. The largest absolute Gasteiger partial charge is 0.309 e. The first kappa shape index (κ1) is 14.7. The summed E-state index contributed by atoms with van der Waals surface area (Å²) < 4.78 is 0. The van der Waals surface area contributed by atoms with Crippen LogP contribution in [-0.2, 0) is 4.79 Å². The molecule has 100 valence electrons. The molecule has 0 spiro atoms. The standard InChI is InChI=1S/C15H29NO/c1-16(2)13-14-11-9-7-5-3-4-6-8-10-12-15(14)17/h14H,3-13H2,1-2H3/t14-/m0/s1. The van der Waals surface area contributed by atoms with Gasteiger partial charge in [-0.15, -0.1) is 0 Å². The van der Waals surface area contributed by atoms with Gasteiger partial charge in [-0.25, -0.2) is 0 Å². The first-order valence-corrected chi connectivity index (χ1v) is 7.37. The first-order chi connectivity index (χ1) is 8.20. The van der Waals surface area contributed by atoms with Gasteiger partial charge in [0.1, 0.15) is 5.78 Å². The van der Waals surface area contributed by atoms with Gasteiger partial charge in [-0.2, -0.15) is 0 Å². The molecule has 0 aliphatic heterocycles. The number of nitrogens with zero attached hydrogens (tertiary/aromatic N) is 1. The van der Waals surface area contributed by atoms with E-state index in [0.29, 0.717) is 11.7 Å². The van der Waals surface area contributed by atoms with Crippen molar-refractivity contribution in [2.24, 2.45) is 5.92 Å². The van der Waals surface area contributed by atoms with Crippen LogP contribution < -0.4 is 0 Å². The van der Waals surface area contributed by atoms with Gasteiger partial charge in [-0.1, -0.05) is 44.9 Å². The van der Waals surface area contributed by atoms with Crippen LogP contribution >= 0.6 is 0 Å². The van der Waals surface area contributed by atoms with E-state index >= 15 is 0 Å². The van der Waals surface area contributed by atoms with E-state index in [-0.39, 0.29) is 0 Å². The third-order valence-electron chi connectivity index (χ3n) is 3.77. The van der Waals surface area contributed by atoms with Crippen LogP contribution in [0.3, 0.4) is 0 Å². The maximum absolute atomic E-state index is 12.1. The molecule has 0 saturated heterocycles. The Morgan fingerprint density at radius 2 is 1.47 bits per heavy atom. The molecule has 1 rings (SSSR count). The molecular formula is C15H29NO. The smallest absolute Gasteiger partial charge is 0.137 e. The Kier molecular flexibility index (Phi) is 7.50. The van der Waals surface area contributed by atoms with Gasteiger partial charge < -0.3 is 4.90 Å². The second kappa shape index (κ2) is 8.68. The van der Waals surface area contributed by atoms with Crippen molar-refractivity contribution in [1.29, 1.82) is 0 Å². The summed E-state index contributed by atoms with van der Waals surface area (Å²) in [7, 11) is 4.15. The lowest BCUT2D eigenvalue weighted by Gasteiger charge is -2.20. The van der Waals surface area contributed by atoms with Gasteiger partial charge in [0.15, 0.2) is 0 Å². The van der Waals surface area contributed by atoms with E-state index in [1.54, 1.807) is 0 Å². The van der Waals surface area contributed by atoms with Gasteiger partial charge in [0.25, 0.3) is 0 Å². The fourth-order valence-corrected chi connectivity index (χ4v) is 2.75. The maximum atomic E-state index is 12.1. The Morgan fingerprint density at radius 1 is 0.941 bits per heavy atom. The third-order valence-corrected chi connectivity index (χ3v) is 3.77. The number of carbonyl (C=O) groups excluding carboxylic acids is 1. The van der Waals surface area contributed by atoms with E-state index in [2.05, 4.69) is 19.0 Å². The summed E-state index contributed by atoms with van der Waals surface area (Å²) in [5, 5.41) is 0. The molecule has 1 aliphatic rings. The summed E-state index contributed by atoms with van der Waals surface area (Å²) in [4.78, 5) is 14.3. The number of hydrogen-bond donors (Lipinski definition) is 0. The molecule has 1 saturated carbocycles. The summed E-state index contributed by atoms with van der Waals surface area (Å²) in [6.07, 6.45) is 12.3. The summed E-state index contributed by atoms with van der Waals surface area (Å²) in [6.45, 7) is 0.943. The molecule has 1 aliphatic carbocycles. The minimum Gasteiger partial charge on any atom is -0.309 e. The Morgan fingerprint density at radius 3 is 2.06 bits per heavy atom. The molecule has 0 radical (unpaired) electrons. The Labute approximate surface area is 107 Å². The number of hydrogen-bond acceptors (Lipinski definition) is 2. The molecule has 17 heavy (non-hydrogen) atoms. The van der Waals surface area contributed by atoms with Crippen LogP contribution in [0.5, 0.6) is 0 Å². The van der Waals surface area contributed by atoms with Crippen molar-refractivity contribution in [2.45, 2.75) is 64.2 Å². The van der Waals surface area contributed by atoms with E-state index in [1.807, 2.05) is 0 Å². The number of rotatable bonds is 2. The van der Waals surface area contributed by atoms with Crippen molar-refractivity contribution in [3.63, 3.8) is 0 Å². The normalized spacial score (nSPS) is 25.4. The van der Waals surface area contributed by atoms with Gasteiger partial charge in [0.05, 0.1) is 0 Å². The fourth-order valence-electron chi connectivity index (χ4n) is 2.75.